The molecule has 110 valence electrons. The maximum atomic E-state index is 11.6. The average Bonchev–Trinajstić information content (AvgIpc) is 2.48. The van der Waals surface area contributed by atoms with Gasteiger partial charge >= 0.3 is 6.03 Å². The second kappa shape index (κ2) is 7.75. The van der Waals surface area contributed by atoms with E-state index in [9.17, 15) is 9.90 Å². The molecule has 20 heavy (non-hydrogen) atoms. The smallest absolute Gasteiger partial charge is 0.314 e. The molecule has 0 spiro atoms. The summed E-state index contributed by atoms with van der Waals surface area (Å²) in [5, 5.41) is 14.9. The zero-order valence-corrected chi connectivity index (χ0v) is 11.6. The summed E-state index contributed by atoms with van der Waals surface area (Å²) in [6.07, 6.45) is 2.80. The SMILES string of the molecule is O=C(NCCc1ccc(O)cc1)NCC1CCOCC1. The van der Waals surface area contributed by atoms with Crippen LogP contribution in [0.25, 0.3) is 0 Å². The predicted molar refractivity (Wildman–Crippen MR) is 76.8 cm³/mol. The van der Waals surface area contributed by atoms with Crippen molar-refractivity contribution in [2.75, 3.05) is 26.3 Å². The quantitative estimate of drug-likeness (QED) is 0.767. The number of hydrogen-bond donors (Lipinski definition) is 3. The standard InChI is InChI=1S/C15H22N2O3/c18-14-3-1-12(2-4-14)5-8-16-15(19)17-11-13-6-9-20-10-7-13/h1-4,13,18H,5-11H2,(H2,16,17,19). The molecule has 0 unspecified atom stereocenters. The van der Waals surface area contributed by atoms with Crippen LogP contribution in [-0.4, -0.2) is 37.4 Å². The number of phenolic OH excluding ortho intramolecular Hbond substituents is 1. The Hall–Kier alpha value is -1.75. The van der Waals surface area contributed by atoms with Gasteiger partial charge in [0.2, 0.25) is 0 Å². The predicted octanol–water partition coefficient (Wildman–Crippen LogP) is 1.66. The maximum absolute atomic E-state index is 11.6. The van der Waals surface area contributed by atoms with Crippen LogP contribution >= 0.6 is 0 Å². The van der Waals surface area contributed by atoms with Crippen LogP contribution in [0.2, 0.25) is 0 Å². The molecule has 0 atom stereocenters. The lowest BCUT2D eigenvalue weighted by atomic mass is 10.0. The van der Waals surface area contributed by atoms with Crippen LogP contribution in [-0.2, 0) is 11.2 Å². The van der Waals surface area contributed by atoms with Gasteiger partial charge in [-0.05, 0) is 42.9 Å². The van der Waals surface area contributed by atoms with Crippen molar-refractivity contribution >= 4 is 6.03 Å². The molecule has 0 radical (unpaired) electrons. The van der Waals surface area contributed by atoms with Crippen LogP contribution in [0.15, 0.2) is 24.3 Å². The summed E-state index contributed by atoms with van der Waals surface area (Å²) in [6, 6.07) is 6.91. The van der Waals surface area contributed by atoms with Gasteiger partial charge in [0, 0.05) is 26.3 Å². The number of rotatable bonds is 5. The van der Waals surface area contributed by atoms with E-state index in [2.05, 4.69) is 10.6 Å². The topological polar surface area (TPSA) is 70.6 Å². The summed E-state index contributed by atoms with van der Waals surface area (Å²) in [6.45, 7) is 2.91. The third-order valence-electron chi connectivity index (χ3n) is 3.53. The van der Waals surface area contributed by atoms with Gasteiger partial charge in [0.05, 0.1) is 0 Å². The minimum atomic E-state index is -0.115. The molecule has 5 nitrogen and oxygen atoms in total. The highest BCUT2D eigenvalue weighted by Crippen LogP contribution is 2.13. The highest BCUT2D eigenvalue weighted by molar-refractivity contribution is 5.73. The molecule has 1 saturated heterocycles. The molecule has 0 aromatic heterocycles. The summed E-state index contributed by atoms with van der Waals surface area (Å²) in [5.41, 5.74) is 1.09. The molecular formula is C15H22N2O3. The fourth-order valence-electron chi connectivity index (χ4n) is 2.23. The van der Waals surface area contributed by atoms with Gasteiger partial charge in [-0.25, -0.2) is 4.79 Å². The Labute approximate surface area is 119 Å². The molecule has 5 heteroatoms. The van der Waals surface area contributed by atoms with E-state index < -0.39 is 0 Å². The van der Waals surface area contributed by atoms with Crippen LogP contribution in [0.3, 0.4) is 0 Å². The van der Waals surface area contributed by atoms with Gasteiger partial charge in [-0.3, -0.25) is 0 Å². The summed E-state index contributed by atoms with van der Waals surface area (Å²) >= 11 is 0. The lowest BCUT2D eigenvalue weighted by molar-refractivity contribution is 0.0669. The van der Waals surface area contributed by atoms with Gasteiger partial charge in [-0.1, -0.05) is 12.1 Å². The average molecular weight is 278 g/mol. The van der Waals surface area contributed by atoms with E-state index in [-0.39, 0.29) is 11.8 Å². The summed E-state index contributed by atoms with van der Waals surface area (Å²) in [7, 11) is 0. The molecule has 0 bridgehead atoms. The summed E-state index contributed by atoms with van der Waals surface area (Å²) < 4.78 is 5.28. The Balaban J connectivity index is 1.58. The van der Waals surface area contributed by atoms with Gasteiger partial charge in [-0.2, -0.15) is 0 Å². The first kappa shape index (κ1) is 14.7. The van der Waals surface area contributed by atoms with Gasteiger partial charge in [0.15, 0.2) is 0 Å². The molecule has 1 fully saturated rings. The minimum Gasteiger partial charge on any atom is -0.508 e. The number of carbonyl (C=O) groups excluding carboxylic acids is 1. The van der Waals surface area contributed by atoms with Crippen molar-refractivity contribution < 1.29 is 14.6 Å². The van der Waals surface area contributed by atoms with Crippen LogP contribution in [0.1, 0.15) is 18.4 Å². The number of carbonyl (C=O) groups is 1. The van der Waals surface area contributed by atoms with Gasteiger partial charge in [0.25, 0.3) is 0 Å². The maximum Gasteiger partial charge on any atom is 0.314 e. The molecule has 2 amide bonds. The lowest BCUT2D eigenvalue weighted by Gasteiger charge is -2.22. The normalized spacial score (nSPS) is 15.8. The Kier molecular flexibility index (Phi) is 5.68. The van der Waals surface area contributed by atoms with E-state index in [0.29, 0.717) is 19.0 Å². The molecule has 1 heterocycles. The third-order valence-corrected chi connectivity index (χ3v) is 3.53. The minimum absolute atomic E-state index is 0.115. The van der Waals surface area contributed by atoms with E-state index in [1.165, 1.54) is 0 Å². The van der Waals surface area contributed by atoms with E-state index >= 15 is 0 Å². The summed E-state index contributed by atoms with van der Waals surface area (Å²) in [4.78, 5) is 11.6. The molecular weight excluding hydrogens is 256 g/mol. The zero-order chi connectivity index (χ0) is 14.2. The number of phenols is 1. The van der Waals surface area contributed by atoms with Gasteiger partial charge in [-0.15, -0.1) is 0 Å². The van der Waals surface area contributed by atoms with Crippen molar-refractivity contribution in [3.8, 4) is 5.75 Å². The molecule has 3 N–H and O–H groups in total. The van der Waals surface area contributed by atoms with E-state index in [1.54, 1.807) is 12.1 Å². The molecule has 2 rings (SSSR count). The van der Waals surface area contributed by atoms with Crippen LogP contribution < -0.4 is 10.6 Å². The van der Waals surface area contributed by atoms with E-state index in [0.717, 1.165) is 38.0 Å². The van der Waals surface area contributed by atoms with Gasteiger partial charge in [0.1, 0.15) is 5.75 Å². The van der Waals surface area contributed by atoms with Crippen molar-refractivity contribution in [2.24, 2.45) is 5.92 Å². The Morgan fingerprint density at radius 1 is 1.20 bits per heavy atom. The fraction of sp³-hybridized carbons (Fsp3) is 0.533. The number of aromatic hydroxyl groups is 1. The monoisotopic (exact) mass is 278 g/mol. The number of urea groups is 1. The fourth-order valence-corrected chi connectivity index (χ4v) is 2.23. The molecule has 1 aromatic rings. The number of nitrogens with one attached hydrogen (secondary N) is 2. The first-order valence-electron chi connectivity index (χ1n) is 7.11. The van der Waals surface area contributed by atoms with E-state index in [1.807, 2.05) is 12.1 Å². The molecule has 1 aromatic carbocycles. The first-order valence-corrected chi connectivity index (χ1v) is 7.11. The summed E-state index contributed by atoms with van der Waals surface area (Å²) in [5.74, 6) is 0.794. The number of amides is 2. The highest BCUT2D eigenvalue weighted by atomic mass is 16.5. The van der Waals surface area contributed by atoms with Crippen LogP contribution in [0.5, 0.6) is 5.75 Å². The highest BCUT2D eigenvalue weighted by Gasteiger charge is 2.14. The second-order valence-corrected chi connectivity index (χ2v) is 5.11. The Morgan fingerprint density at radius 2 is 1.90 bits per heavy atom. The number of benzene rings is 1. The third kappa shape index (κ3) is 5.09. The van der Waals surface area contributed by atoms with Crippen molar-refractivity contribution in [1.29, 1.82) is 0 Å². The van der Waals surface area contributed by atoms with Gasteiger partial charge < -0.3 is 20.5 Å². The van der Waals surface area contributed by atoms with Crippen molar-refractivity contribution in [2.45, 2.75) is 19.3 Å². The number of ether oxygens (including phenoxy) is 1. The number of hydrogen-bond acceptors (Lipinski definition) is 3. The van der Waals surface area contributed by atoms with Crippen molar-refractivity contribution in [3.05, 3.63) is 29.8 Å². The van der Waals surface area contributed by atoms with Crippen molar-refractivity contribution in [1.82, 2.24) is 10.6 Å². The zero-order valence-electron chi connectivity index (χ0n) is 11.6. The second-order valence-electron chi connectivity index (χ2n) is 5.11. The first-order chi connectivity index (χ1) is 9.74. The molecule has 1 aliphatic rings. The molecule has 0 aliphatic carbocycles. The molecule has 1 aliphatic heterocycles. The lowest BCUT2D eigenvalue weighted by Crippen LogP contribution is -2.40. The largest absolute Gasteiger partial charge is 0.508 e. The Morgan fingerprint density at radius 3 is 2.60 bits per heavy atom. The Bertz CT molecular complexity index is 414. The van der Waals surface area contributed by atoms with E-state index in [4.69, 9.17) is 4.74 Å². The van der Waals surface area contributed by atoms with Crippen LogP contribution in [0.4, 0.5) is 4.79 Å². The van der Waals surface area contributed by atoms with Crippen LogP contribution in [0, 0.1) is 5.92 Å². The molecule has 0 saturated carbocycles. The van der Waals surface area contributed by atoms with Crippen molar-refractivity contribution in [3.63, 3.8) is 0 Å².